The number of ether oxygens (including phenoxy) is 3. The second kappa shape index (κ2) is 17.3. The Labute approximate surface area is 249 Å². The zero-order valence-electron chi connectivity index (χ0n) is 22.9. The summed E-state index contributed by atoms with van der Waals surface area (Å²) in [6.07, 6.45) is 4.06. The highest BCUT2D eigenvalue weighted by atomic mass is 32.2. The first-order valence-corrected chi connectivity index (χ1v) is 16.5. The summed E-state index contributed by atoms with van der Waals surface area (Å²) in [4.78, 5) is 39.8. The molecule has 11 heteroatoms. The topological polar surface area (TPSA) is 106 Å². The van der Waals surface area contributed by atoms with Gasteiger partial charge in [-0.05, 0) is 18.6 Å². The Morgan fingerprint density at radius 1 is 1.05 bits per heavy atom. The van der Waals surface area contributed by atoms with Gasteiger partial charge in [0.15, 0.2) is 5.57 Å². The van der Waals surface area contributed by atoms with Crippen LogP contribution in [-0.4, -0.2) is 66.8 Å². The first kappa shape index (κ1) is 32.0. The summed E-state index contributed by atoms with van der Waals surface area (Å²) in [5.41, 5.74) is 2.09. The Morgan fingerprint density at radius 3 is 2.58 bits per heavy atom. The van der Waals surface area contributed by atoms with Crippen molar-refractivity contribution in [3.05, 3.63) is 47.0 Å². The fourth-order valence-electron chi connectivity index (χ4n) is 3.97. The molecule has 0 amide bonds. The van der Waals surface area contributed by atoms with E-state index in [2.05, 4.69) is 13.5 Å². The number of para-hydroxylation sites is 1. The number of hydrogen-bond acceptors (Lipinski definition) is 11. The molecule has 2 aliphatic heterocycles. The number of rotatable bonds is 14. The highest BCUT2D eigenvalue weighted by molar-refractivity contribution is 8.04. The zero-order chi connectivity index (χ0) is 28.7. The molecule has 0 spiro atoms. The van der Waals surface area contributed by atoms with Gasteiger partial charge in [-0.2, -0.15) is 17.0 Å². The van der Waals surface area contributed by atoms with Crippen LogP contribution in [-0.2, 0) is 28.6 Å². The second-order valence-corrected chi connectivity index (χ2v) is 12.7. The van der Waals surface area contributed by atoms with Gasteiger partial charge >= 0.3 is 17.9 Å². The summed E-state index contributed by atoms with van der Waals surface area (Å²) in [6.45, 7) is 6.81. The van der Waals surface area contributed by atoms with Crippen LogP contribution in [0.3, 0.4) is 0 Å². The van der Waals surface area contributed by atoms with Crippen LogP contribution >= 0.6 is 35.3 Å². The maximum Gasteiger partial charge on any atom is 0.351 e. The molecule has 1 unspecified atom stereocenters. The molecule has 0 radical (unpaired) electrons. The molecule has 2 aliphatic rings. The van der Waals surface area contributed by atoms with E-state index in [4.69, 9.17) is 14.2 Å². The molecule has 1 saturated heterocycles. The van der Waals surface area contributed by atoms with E-state index in [0.717, 1.165) is 53.5 Å². The minimum atomic E-state index is -0.755. The Balaban J connectivity index is 1.40. The highest BCUT2D eigenvalue weighted by Crippen LogP contribution is 2.47. The molecule has 2 heterocycles. The molecular weight excluding hydrogens is 569 g/mol. The number of unbranched alkanes of at least 4 members (excludes halogenated alkanes) is 3. The van der Waals surface area contributed by atoms with Gasteiger partial charge in [-0.3, -0.25) is 9.59 Å². The fraction of sp³-hybridized carbons (Fsp3) is 0.517. The van der Waals surface area contributed by atoms with Crippen molar-refractivity contribution in [2.75, 3.05) is 48.5 Å². The van der Waals surface area contributed by atoms with Crippen LogP contribution in [0.1, 0.15) is 45.4 Å². The predicted octanol–water partition coefficient (Wildman–Crippen LogP) is 5.73. The standard InChI is InChI=1S/C29H36N2O6S3/c1-3-4-5-8-13-31-24-9-6-7-10-25(24)40-28(31)23(16-30)29(34)36-15-14-35-26(32)11-12-27(33)37-17-22-20-38-18-21(2)19-39-22/h6-7,9-10,22H,2-5,8,11-15,17-20H2,1H3/b28-23-. The van der Waals surface area contributed by atoms with Gasteiger partial charge < -0.3 is 19.1 Å². The number of carbonyl (C=O) groups is 3. The van der Waals surface area contributed by atoms with E-state index >= 15 is 0 Å². The van der Waals surface area contributed by atoms with Gasteiger partial charge in [0.25, 0.3) is 0 Å². The predicted molar refractivity (Wildman–Crippen MR) is 161 cm³/mol. The minimum absolute atomic E-state index is 0.0692. The number of fused-ring (bicyclic) bond motifs is 1. The average Bonchev–Trinajstić information content (AvgIpc) is 3.17. The zero-order valence-corrected chi connectivity index (χ0v) is 25.3. The minimum Gasteiger partial charge on any atom is -0.464 e. The first-order valence-electron chi connectivity index (χ1n) is 13.5. The summed E-state index contributed by atoms with van der Waals surface area (Å²) in [6, 6.07) is 9.82. The van der Waals surface area contributed by atoms with E-state index < -0.39 is 17.9 Å². The molecule has 216 valence electrons. The third-order valence-electron chi connectivity index (χ3n) is 6.05. The van der Waals surface area contributed by atoms with Crippen LogP contribution < -0.4 is 4.90 Å². The number of nitriles is 1. The molecule has 1 atom stereocenters. The Hall–Kier alpha value is -2.55. The van der Waals surface area contributed by atoms with Crippen molar-refractivity contribution in [2.24, 2.45) is 0 Å². The number of esters is 3. The summed E-state index contributed by atoms with van der Waals surface area (Å²) >= 11 is 4.89. The number of thioether (sulfide) groups is 3. The number of anilines is 1. The molecule has 1 aromatic rings. The lowest BCUT2D eigenvalue weighted by atomic mass is 10.2. The second-order valence-electron chi connectivity index (χ2n) is 9.31. The van der Waals surface area contributed by atoms with E-state index in [0.29, 0.717) is 18.2 Å². The molecular formula is C29H36N2O6S3. The molecule has 0 saturated carbocycles. The van der Waals surface area contributed by atoms with Crippen molar-refractivity contribution in [1.82, 2.24) is 0 Å². The first-order chi connectivity index (χ1) is 19.4. The highest BCUT2D eigenvalue weighted by Gasteiger charge is 2.30. The molecule has 3 rings (SSSR count). The maximum absolute atomic E-state index is 12.8. The summed E-state index contributed by atoms with van der Waals surface area (Å²) in [5, 5.41) is 10.6. The van der Waals surface area contributed by atoms with E-state index in [9.17, 15) is 19.6 Å². The Morgan fingerprint density at radius 2 is 1.80 bits per heavy atom. The van der Waals surface area contributed by atoms with Crippen LogP contribution in [0.25, 0.3) is 0 Å². The van der Waals surface area contributed by atoms with E-state index in [1.807, 2.05) is 35.2 Å². The number of benzene rings is 1. The van der Waals surface area contributed by atoms with Gasteiger partial charge in [-0.1, -0.05) is 62.2 Å². The van der Waals surface area contributed by atoms with Crippen LogP contribution in [0.5, 0.6) is 0 Å². The summed E-state index contributed by atoms with van der Waals surface area (Å²) in [5.74, 6) is 0.903. The lowest BCUT2D eigenvalue weighted by Gasteiger charge is -2.21. The van der Waals surface area contributed by atoms with E-state index in [1.54, 1.807) is 23.5 Å². The van der Waals surface area contributed by atoms with Gasteiger partial charge in [0.05, 0.1) is 18.5 Å². The molecule has 8 nitrogen and oxygen atoms in total. The monoisotopic (exact) mass is 604 g/mol. The van der Waals surface area contributed by atoms with E-state index in [1.165, 1.54) is 17.3 Å². The van der Waals surface area contributed by atoms with Crippen LogP contribution in [0.4, 0.5) is 5.69 Å². The van der Waals surface area contributed by atoms with Gasteiger partial charge in [0, 0.05) is 33.9 Å². The average molecular weight is 605 g/mol. The molecule has 0 bridgehead atoms. The summed E-state index contributed by atoms with van der Waals surface area (Å²) in [7, 11) is 0. The van der Waals surface area contributed by atoms with Crippen LogP contribution in [0.15, 0.2) is 51.9 Å². The van der Waals surface area contributed by atoms with Crippen molar-refractivity contribution in [3.8, 4) is 6.07 Å². The number of nitrogens with zero attached hydrogens (tertiary/aromatic N) is 2. The smallest absolute Gasteiger partial charge is 0.351 e. The molecule has 0 N–H and O–H groups in total. The molecule has 0 aliphatic carbocycles. The Bertz CT molecular complexity index is 1130. The lowest BCUT2D eigenvalue weighted by molar-refractivity contribution is -0.152. The van der Waals surface area contributed by atoms with Crippen LogP contribution in [0.2, 0.25) is 0 Å². The van der Waals surface area contributed by atoms with Crippen molar-refractivity contribution in [3.63, 3.8) is 0 Å². The lowest BCUT2D eigenvalue weighted by Crippen LogP contribution is -2.23. The normalized spacial score (nSPS) is 17.9. The van der Waals surface area contributed by atoms with E-state index in [-0.39, 0.29) is 36.9 Å². The van der Waals surface area contributed by atoms with Gasteiger partial charge in [0.2, 0.25) is 0 Å². The van der Waals surface area contributed by atoms with Crippen molar-refractivity contribution < 1.29 is 28.6 Å². The van der Waals surface area contributed by atoms with Crippen LogP contribution in [0, 0.1) is 11.3 Å². The van der Waals surface area contributed by atoms with Crippen molar-refractivity contribution >= 4 is 58.9 Å². The largest absolute Gasteiger partial charge is 0.464 e. The third-order valence-corrected chi connectivity index (χ3v) is 10.0. The molecule has 0 aromatic heterocycles. The SMILES string of the molecule is C=C1CSCC(COC(=O)CCC(=O)OCCOC(=O)/C(C#N)=C2\Sc3ccccc3N2CCCCCC)SC1. The maximum atomic E-state index is 12.8. The quantitative estimate of drug-likeness (QED) is 0.0649. The van der Waals surface area contributed by atoms with Gasteiger partial charge in [0.1, 0.15) is 30.9 Å². The van der Waals surface area contributed by atoms with Gasteiger partial charge in [-0.15, -0.1) is 11.8 Å². The molecule has 40 heavy (non-hydrogen) atoms. The third kappa shape index (κ3) is 10.1. The Kier molecular flexibility index (Phi) is 13.8. The van der Waals surface area contributed by atoms with Crippen molar-refractivity contribution in [2.45, 2.75) is 55.6 Å². The summed E-state index contributed by atoms with van der Waals surface area (Å²) < 4.78 is 15.7. The fourth-order valence-corrected chi connectivity index (χ4v) is 7.55. The number of hydrogen-bond donors (Lipinski definition) is 0. The van der Waals surface area contributed by atoms with Gasteiger partial charge in [-0.25, -0.2) is 4.79 Å². The molecule has 1 fully saturated rings. The van der Waals surface area contributed by atoms with Crippen molar-refractivity contribution in [1.29, 1.82) is 5.26 Å². The molecule has 1 aromatic carbocycles. The number of carbonyl (C=O) groups excluding carboxylic acids is 3.